The molecule has 21 heavy (non-hydrogen) atoms. The smallest absolute Gasteiger partial charge is 0.191 e. The Kier molecular flexibility index (Phi) is 7.99. The van der Waals surface area contributed by atoms with Crippen LogP contribution in [0.15, 0.2) is 11.2 Å². The van der Waals surface area contributed by atoms with Crippen molar-refractivity contribution in [3.8, 4) is 5.75 Å². The number of hydrogen-bond donors (Lipinski definition) is 2. The summed E-state index contributed by atoms with van der Waals surface area (Å²) in [7, 11) is 3.45. The fourth-order valence-electron chi connectivity index (χ4n) is 1.95. The first kappa shape index (κ1) is 19.9. The molecule has 1 aromatic heterocycles. The average molecular weight is 406 g/mol. The van der Waals surface area contributed by atoms with Crippen molar-refractivity contribution in [1.82, 2.24) is 15.6 Å². The predicted molar refractivity (Wildman–Crippen MR) is 98.8 cm³/mol. The maximum absolute atomic E-state index is 5.42. The Bertz CT molecular complexity index is 495. The van der Waals surface area contributed by atoms with E-state index in [0.717, 1.165) is 28.5 Å². The summed E-state index contributed by atoms with van der Waals surface area (Å²) in [6.45, 7) is 10.9. The van der Waals surface area contributed by atoms with Crippen molar-refractivity contribution >= 4 is 29.9 Å². The van der Waals surface area contributed by atoms with Gasteiger partial charge in [0, 0.05) is 29.9 Å². The summed E-state index contributed by atoms with van der Waals surface area (Å²) < 4.78 is 5.42. The molecule has 0 atom stereocenters. The molecule has 5 nitrogen and oxygen atoms in total. The minimum Gasteiger partial charge on any atom is -0.496 e. The molecule has 0 saturated carbocycles. The molecule has 0 amide bonds. The zero-order valence-corrected chi connectivity index (χ0v) is 16.3. The lowest BCUT2D eigenvalue weighted by molar-refractivity contribution is 0.406. The number of pyridine rings is 1. The van der Waals surface area contributed by atoms with Gasteiger partial charge in [0.15, 0.2) is 5.96 Å². The van der Waals surface area contributed by atoms with E-state index in [1.807, 2.05) is 20.0 Å². The van der Waals surface area contributed by atoms with E-state index in [0.29, 0.717) is 6.54 Å². The Morgan fingerprint density at radius 1 is 1.33 bits per heavy atom. The van der Waals surface area contributed by atoms with E-state index >= 15 is 0 Å². The van der Waals surface area contributed by atoms with Crippen LogP contribution in [0.2, 0.25) is 0 Å². The SMILES string of the molecule is CN=C(NCc1ncc(C)c(OC)c1C)NC(C)(C)C.I. The van der Waals surface area contributed by atoms with Crippen LogP contribution < -0.4 is 15.4 Å². The molecule has 1 heterocycles. The van der Waals surface area contributed by atoms with Gasteiger partial charge in [0.2, 0.25) is 0 Å². The van der Waals surface area contributed by atoms with Gasteiger partial charge in [-0.05, 0) is 34.6 Å². The molecule has 0 bridgehead atoms. The van der Waals surface area contributed by atoms with Gasteiger partial charge in [-0.1, -0.05) is 0 Å². The van der Waals surface area contributed by atoms with Gasteiger partial charge in [0.1, 0.15) is 5.75 Å². The van der Waals surface area contributed by atoms with Gasteiger partial charge in [-0.25, -0.2) is 0 Å². The molecule has 0 radical (unpaired) electrons. The molecule has 0 spiro atoms. The third kappa shape index (κ3) is 6.07. The fraction of sp³-hybridized carbons (Fsp3) is 0.600. The third-order valence-corrected chi connectivity index (χ3v) is 2.89. The summed E-state index contributed by atoms with van der Waals surface area (Å²) in [6.07, 6.45) is 1.84. The van der Waals surface area contributed by atoms with Crippen LogP contribution in [0, 0.1) is 13.8 Å². The summed E-state index contributed by atoms with van der Waals surface area (Å²) in [5.74, 6) is 1.66. The number of aliphatic imine (C=N–C) groups is 1. The summed E-state index contributed by atoms with van der Waals surface area (Å²) in [4.78, 5) is 8.68. The molecule has 6 heteroatoms. The second-order valence-corrected chi connectivity index (χ2v) is 5.85. The highest BCUT2D eigenvalue weighted by atomic mass is 127. The highest BCUT2D eigenvalue weighted by Crippen LogP contribution is 2.23. The van der Waals surface area contributed by atoms with E-state index in [-0.39, 0.29) is 29.5 Å². The number of methoxy groups -OCH3 is 1. The number of nitrogens with one attached hydrogen (secondary N) is 2. The molecule has 120 valence electrons. The molecule has 0 aliphatic heterocycles. The molecule has 1 aromatic rings. The maximum atomic E-state index is 5.42. The number of ether oxygens (including phenoxy) is 1. The second kappa shape index (κ2) is 8.41. The molecule has 0 unspecified atom stereocenters. The first-order valence-electron chi connectivity index (χ1n) is 6.76. The lowest BCUT2D eigenvalue weighted by Gasteiger charge is -2.24. The van der Waals surface area contributed by atoms with Crippen LogP contribution >= 0.6 is 24.0 Å². The normalized spacial score (nSPS) is 11.7. The number of rotatable bonds is 3. The van der Waals surface area contributed by atoms with Crippen LogP contribution in [0.4, 0.5) is 0 Å². The molecular weight excluding hydrogens is 379 g/mol. The lowest BCUT2D eigenvalue weighted by Crippen LogP contribution is -2.47. The van der Waals surface area contributed by atoms with Gasteiger partial charge in [0.25, 0.3) is 0 Å². The summed E-state index contributed by atoms with van der Waals surface area (Å²) in [6, 6.07) is 0. The number of hydrogen-bond acceptors (Lipinski definition) is 3. The number of aromatic nitrogens is 1. The highest BCUT2D eigenvalue weighted by molar-refractivity contribution is 14.0. The van der Waals surface area contributed by atoms with Crippen LogP contribution in [-0.4, -0.2) is 30.6 Å². The summed E-state index contributed by atoms with van der Waals surface area (Å²) in [5, 5.41) is 6.59. The van der Waals surface area contributed by atoms with Crippen LogP contribution in [0.1, 0.15) is 37.6 Å². The Labute approximate surface area is 145 Å². The first-order chi connectivity index (χ1) is 9.28. The first-order valence-corrected chi connectivity index (χ1v) is 6.76. The molecule has 0 aliphatic rings. The van der Waals surface area contributed by atoms with Crippen LogP contribution in [0.25, 0.3) is 0 Å². The van der Waals surface area contributed by atoms with E-state index < -0.39 is 0 Å². The molecule has 0 aromatic carbocycles. The zero-order chi connectivity index (χ0) is 15.3. The Morgan fingerprint density at radius 2 is 1.95 bits per heavy atom. The molecule has 0 saturated heterocycles. The summed E-state index contributed by atoms with van der Waals surface area (Å²) >= 11 is 0. The van der Waals surface area contributed by atoms with Gasteiger partial charge < -0.3 is 15.4 Å². The Morgan fingerprint density at radius 3 is 2.43 bits per heavy atom. The largest absolute Gasteiger partial charge is 0.496 e. The van der Waals surface area contributed by atoms with Crippen molar-refractivity contribution in [3.05, 3.63) is 23.0 Å². The zero-order valence-electron chi connectivity index (χ0n) is 14.0. The standard InChI is InChI=1S/C15H26N4O.HI/c1-10-8-17-12(11(2)13(10)20-7)9-18-14(16-6)19-15(3,4)5;/h8H,9H2,1-7H3,(H2,16,18,19);1H. The van der Waals surface area contributed by atoms with E-state index in [2.05, 4.69) is 41.4 Å². The van der Waals surface area contributed by atoms with Crippen LogP contribution in [-0.2, 0) is 6.54 Å². The lowest BCUT2D eigenvalue weighted by atomic mass is 10.1. The second-order valence-electron chi connectivity index (χ2n) is 5.85. The van der Waals surface area contributed by atoms with Crippen molar-refractivity contribution in [2.45, 2.75) is 46.7 Å². The van der Waals surface area contributed by atoms with Gasteiger partial charge in [-0.15, -0.1) is 24.0 Å². The van der Waals surface area contributed by atoms with Crippen molar-refractivity contribution in [2.24, 2.45) is 4.99 Å². The number of nitrogens with zero attached hydrogens (tertiary/aromatic N) is 2. The molecular formula is C15H27IN4O. The van der Waals surface area contributed by atoms with Crippen molar-refractivity contribution in [2.75, 3.05) is 14.2 Å². The quantitative estimate of drug-likeness (QED) is 0.461. The van der Waals surface area contributed by atoms with Gasteiger partial charge in [0.05, 0.1) is 19.3 Å². The summed E-state index contributed by atoms with van der Waals surface area (Å²) in [5.41, 5.74) is 3.04. The number of aryl methyl sites for hydroxylation is 1. The number of guanidine groups is 1. The minimum atomic E-state index is -0.0325. The molecule has 0 aliphatic carbocycles. The van der Waals surface area contributed by atoms with Gasteiger partial charge in [-0.3, -0.25) is 9.98 Å². The molecule has 0 fully saturated rings. The monoisotopic (exact) mass is 406 g/mol. The maximum Gasteiger partial charge on any atom is 0.191 e. The average Bonchev–Trinajstić information content (AvgIpc) is 2.35. The van der Waals surface area contributed by atoms with Crippen LogP contribution in [0.3, 0.4) is 0 Å². The third-order valence-electron chi connectivity index (χ3n) is 2.89. The van der Waals surface area contributed by atoms with E-state index in [4.69, 9.17) is 4.74 Å². The Balaban J connectivity index is 0.00000400. The fourth-order valence-corrected chi connectivity index (χ4v) is 1.95. The highest BCUT2D eigenvalue weighted by Gasteiger charge is 2.13. The van der Waals surface area contributed by atoms with Crippen LogP contribution in [0.5, 0.6) is 5.75 Å². The van der Waals surface area contributed by atoms with E-state index in [1.165, 1.54) is 0 Å². The molecule has 1 rings (SSSR count). The topological polar surface area (TPSA) is 58.5 Å². The van der Waals surface area contributed by atoms with Crippen molar-refractivity contribution in [3.63, 3.8) is 0 Å². The molecule has 2 N–H and O–H groups in total. The minimum absolute atomic E-state index is 0. The van der Waals surface area contributed by atoms with E-state index in [9.17, 15) is 0 Å². The van der Waals surface area contributed by atoms with Crippen molar-refractivity contribution < 1.29 is 4.74 Å². The van der Waals surface area contributed by atoms with Gasteiger partial charge >= 0.3 is 0 Å². The van der Waals surface area contributed by atoms with Gasteiger partial charge in [-0.2, -0.15) is 0 Å². The Hall–Kier alpha value is -1.05. The van der Waals surface area contributed by atoms with Crippen molar-refractivity contribution in [1.29, 1.82) is 0 Å². The van der Waals surface area contributed by atoms with E-state index in [1.54, 1.807) is 14.2 Å². The number of halogens is 1. The predicted octanol–water partition coefficient (Wildman–Crippen LogP) is 2.79.